The van der Waals surface area contributed by atoms with Gasteiger partial charge in [0.2, 0.25) is 10.0 Å². The zero-order chi connectivity index (χ0) is 23.1. The van der Waals surface area contributed by atoms with Gasteiger partial charge in [0.15, 0.2) is 0 Å². The maximum Gasteiger partial charge on any atom is 0.319 e. The minimum atomic E-state index is -3.56. The normalized spacial score (nSPS) is 14.7. The SMILES string of the molecule is CC(C)NC(=O)Nc1ccccc1C(=O)NCc1ccc(S(=O)(=O)N2CCOCC2)cc1. The molecule has 3 amide bonds. The fourth-order valence-electron chi connectivity index (χ4n) is 3.20. The minimum absolute atomic E-state index is 0.0361. The lowest BCUT2D eigenvalue weighted by Crippen LogP contribution is -2.40. The number of hydrogen-bond acceptors (Lipinski definition) is 5. The molecule has 2 aromatic carbocycles. The van der Waals surface area contributed by atoms with Crippen LogP contribution in [0.3, 0.4) is 0 Å². The summed E-state index contributed by atoms with van der Waals surface area (Å²) in [7, 11) is -3.56. The Kier molecular flexibility index (Phi) is 7.84. The van der Waals surface area contributed by atoms with E-state index < -0.39 is 16.1 Å². The molecule has 0 radical (unpaired) electrons. The second-order valence-electron chi connectivity index (χ2n) is 7.64. The maximum absolute atomic E-state index is 12.7. The van der Waals surface area contributed by atoms with Crippen LogP contribution in [0, 0.1) is 0 Å². The lowest BCUT2D eigenvalue weighted by molar-refractivity contribution is 0.0730. The second kappa shape index (κ2) is 10.6. The summed E-state index contributed by atoms with van der Waals surface area (Å²) in [5.74, 6) is -0.351. The number of rotatable bonds is 7. The fraction of sp³-hybridized carbons (Fsp3) is 0.364. The number of amides is 3. The highest BCUT2D eigenvalue weighted by Crippen LogP contribution is 2.18. The molecule has 1 fully saturated rings. The van der Waals surface area contributed by atoms with Crippen molar-refractivity contribution in [3.8, 4) is 0 Å². The van der Waals surface area contributed by atoms with Crippen molar-refractivity contribution in [3.63, 3.8) is 0 Å². The molecular formula is C22H28N4O5S. The number of morpholine rings is 1. The lowest BCUT2D eigenvalue weighted by Gasteiger charge is -2.26. The van der Waals surface area contributed by atoms with Gasteiger partial charge in [0, 0.05) is 25.7 Å². The summed E-state index contributed by atoms with van der Waals surface area (Å²) in [4.78, 5) is 24.9. The molecule has 1 aliphatic heterocycles. The Morgan fingerprint density at radius 3 is 2.34 bits per heavy atom. The highest BCUT2D eigenvalue weighted by molar-refractivity contribution is 7.89. The van der Waals surface area contributed by atoms with Crippen molar-refractivity contribution >= 4 is 27.6 Å². The first-order valence-electron chi connectivity index (χ1n) is 10.4. The van der Waals surface area contributed by atoms with Crippen LogP contribution in [-0.2, 0) is 21.3 Å². The molecule has 3 N–H and O–H groups in total. The van der Waals surface area contributed by atoms with Crippen molar-refractivity contribution in [1.82, 2.24) is 14.9 Å². The van der Waals surface area contributed by atoms with Gasteiger partial charge in [0.05, 0.1) is 29.4 Å². The molecule has 32 heavy (non-hydrogen) atoms. The molecule has 9 nitrogen and oxygen atoms in total. The summed E-state index contributed by atoms with van der Waals surface area (Å²) < 4.78 is 32.0. The van der Waals surface area contributed by atoms with Gasteiger partial charge in [0.25, 0.3) is 5.91 Å². The molecule has 2 aromatic rings. The third-order valence-corrected chi connectivity index (χ3v) is 6.74. The van der Waals surface area contributed by atoms with Crippen molar-refractivity contribution in [2.75, 3.05) is 31.6 Å². The quantitative estimate of drug-likeness (QED) is 0.586. The summed E-state index contributed by atoms with van der Waals surface area (Å²) in [5.41, 5.74) is 1.48. The van der Waals surface area contributed by atoms with Crippen LogP contribution in [0.5, 0.6) is 0 Å². The fourth-order valence-corrected chi connectivity index (χ4v) is 4.61. The number of ether oxygens (including phenoxy) is 1. The molecule has 3 rings (SSSR count). The van der Waals surface area contributed by atoms with E-state index in [1.54, 1.807) is 36.4 Å². The highest BCUT2D eigenvalue weighted by atomic mass is 32.2. The number of nitrogens with one attached hydrogen (secondary N) is 3. The van der Waals surface area contributed by atoms with Gasteiger partial charge in [-0.1, -0.05) is 24.3 Å². The van der Waals surface area contributed by atoms with Gasteiger partial charge < -0.3 is 20.7 Å². The smallest absolute Gasteiger partial charge is 0.319 e. The average Bonchev–Trinajstić information content (AvgIpc) is 2.78. The molecule has 0 spiro atoms. The molecule has 1 aliphatic rings. The Morgan fingerprint density at radius 2 is 1.69 bits per heavy atom. The largest absolute Gasteiger partial charge is 0.379 e. The average molecular weight is 461 g/mol. The van der Waals surface area contributed by atoms with Crippen LogP contribution in [0.2, 0.25) is 0 Å². The number of nitrogens with zero attached hydrogens (tertiary/aromatic N) is 1. The number of urea groups is 1. The first-order chi connectivity index (χ1) is 15.3. The third-order valence-electron chi connectivity index (χ3n) is 4.82. The number of sulfonamides is 1. The van der Waals surface area contributed by atoms with E-state index in [2.05, 4.69) is 16.0 Å². The Balaban J connectivity index is 1.62. The maximum atomic E-state index is 12.7. The Labute approximate surface area is 188 Å². The topological polar surface area (TPSA) is 117 Å². The summed E-state index contributed by atoms with van der Waals surface area (Å²) in [6.07, 6.45) is 0. The number of para-hydroxylation sites is 1. The number of carbonyl (C=O) groups excluding carboxylic acids is 2. The minimum Gasteiger partial charge on any atom is -0.379 e. The van der Waals surface area contributed by atoms with Gasteiger partial charge >= 0.3 is 6.03 Å². The first kappa shape index (κ1) is 23.7. The molecule has 1 heterocycles. The molecule has 1 saturated heterocycles. The molecule has 10 heteroatoms. The molecule has 0 aliphatic carbocycles. The summed E-state index contributed by atoms with van der Waals surface area (Å²) >= 11 is 0. The van der Waals surface area contributed by atoms with E-state index in [9.17, 15) is 18.0 Å². The predicted octanol–water partition coefficient (Wildman–Crippen LogP) is 2.17. The van der Waals surface area contributed by atoms with Crippen LogP contribution in [-0.4, -0.2) is 57.0 Å². The monoisotopic (exact) mass is 460 g/mol. The predicted molar refractivity (Wildman–Crippen MR) is 121 cm³/mol. The van der Waals surface area contributed by atoms with E-state index in [4.69, 9.17) is 4.74 Å². The van der Waals surface area contributed by atoms with Crippen LogP contribution in [0.25, 0.3) is 0 Å². The number of carbonyl (C=O) groups is 2. The van der Waals surface area contributed by atoms with Crippen LogP contribution in [0.15, 0.2) is 53.4 Å². The Bertz CT molecular complexity index is 1050. The van der Waals surface area contributed by atoms with Crippen LogP contribution in [0.1, 0.15) is 29.8 Å². The van der Waals surface area contributed by atoms with Crippen molar-refractivity contribution in [1.29, 1.82) is 0 Å². The summed E-state index contributed by atoms with van der Waals surface area (Å²) in [6.45, 7) is 5.34. The number of anilines is 1. The zero-order valence-electron chi connectivity index (χ0n) is 18.1. The molecule has 172 valence electrons. The van der Waals surface area contributed by atoms with Crippen molar-refractivity contribution in [2.24, 2.45) is 0 Å². The Morgan fingerprint density at radius 1 is 1.03 bits per heavy atom. The van der Waals surface area contributed by atoms with Gasteiger partial charge in [-0.25, -0.2) is 13.2 Å². The van der Waals surface area contributed by atoms with E-state index in [1.165, 1.54) is 16.4 Å². The molecule has 0 unspecified atom stereocenters. The van der Waals surface area contributed by atoms with E-state index in [-0.39, 0.29) is 23.4 Å². The highest BCUT2D eigenvalue weighted by Gasteiger charge is 2.26. The zero-order valence-corrected chi connectivity index (χ0v) is 18.9. The third kappa shape index (κ3) is 6.06. The molecular weight excluding hydrogens is 432 g/mol. The van der Waals surface area contributed by atoms with Gasteiger partial charge in [-0.3, -0.25) is 4.79 Å². The van der Waals surface area contributed by atoms with Crippen molar-refractivity contribution in [3.05, 3.63) is 59.7 Å². The summed E-state index contributed by atoms with van der Waals surface area (Å²) in [5, 5.41) is 8.20. The van der Waals surface area contributed by atoms with E-state index >= 15 is 0 Å². The molecule has 0 saturated carbocycles. The van der Waals surface area contributed by atoms with E-state index in [0.29, 0.717) is 37.6 Å². The van der Waals surface area contributed by atoms with E-state index in [0.717, 1.165) is 5.56 Å². The van der Waals surface area contributed by atoms with Crippen LogP contribution >= 0.6 is 0 Å². The Hall–Kier alpha value is -2.95. The van der Waals surface area contributed by atoms with Gasteiger partial charge in [-0.15, -0.1) is 0 Å². The van der Waals surface area contributed by atoms with Crippen LogP contribution < -0.4 is 16.0 Å². The molecule has 0 atom stereocenters. The standard InChI is InChI=1S/C22H28N4O5S/c1-16(2)24-22(28)25-20-6-4-3-5-19(20)21(27)23-15-17-7-9-18(10-8-17)32(29,30)26-11-13-31-14-12-26/h3-10,16H,11-15H2,1-2H3,(H,23,27)(H2,24,25,28). The van der Waals surface area contributed by atoms with Gasteiger partial charge in [-0.2, -0.15) is 4.31 Å². The molecule has 0 aromatic heterocycles. The lowest BCUT2D eigenvalue weighted by atomic mass is 10.1. The van der Waals surface area contributed by atoms with Gasteiger partial charge in [-0.05, 0) is 43.7 Å². The summed E-state index contributed by atoms with van der Waals surface area (Å²) in [6, 6.07) is 12.7. The first-order valence-corrected chi connectivity index (χ1v) is 11.8. The van der Waals surface area contributed by atoms with Crippen molar-refractivity contribution in [2.45, 2.75) is 31.3 Å². The molecule has 0 bridgehead atoms. The number of benzene rings is 2. The van der Waals surface area contributed by atoms with E-state index in [1.807, 2.05) is 13.8 Å². The second-order valence-corrected chi connectivity index (χ2v) is 9.58. The van der Waals surface area contributed by atoms with Crippen LogP contribution in [0.4, 0.5) is 10.5 Å². The van der Waals surface area contributed by atoms with Gasteiger partial charge in [0.1, 0.15) is 0 Å². The number of hydrogen-bond donors (Lipinski definition) is 3. The van der Waals surface area contributed by atoms with Crippen molar-refractivity contribution < 1.29 is 22.7 Å².